The van der Waals surface area contributed by atoms with Crippen molar-refractivity contribution in [2.75, 3.05) is 55.2 Å². The van der Waals surface area contributed by atoms with Crippen LogP contribution < -0.4 is 14.5 Å². The van der Waals surface area contributed by atoms with E-state index in [1.54, 1.807) is 23.9 Å². The molecule has 0 bridgehead atoms. The molecule has 0 saturated carbocycles. The highest BCUT2D eigenvalue weighted by Crippen LogP contribution is 2.33. The van der Waals surface area contributed by atoms with Crippen LogP contribution in [0.2, 0.25) is 0 Å². The predicted octanol–water partition coefficient (Wildman–Crippen LogP) is 2.91. The van der Waals surface area contributed by atoms with Gasteiger partial charge in [0.25, 0.3) is 5.91 Å². The molecule has 0 aliphatic carbocycles. The number of carbonyl (C=O) groups excluding carboxylic acids is 1. The molecule has 148 valence electrons. The van der Waals surface area contributed by atoms with E-state index in [0.717, 1.165) is 60.3 Å². The van der Waals surface area contributed by atoms with Gasteiger partial charge in [-0.2, -0.15) is 0 Å². The number of rotatable bonds is 5. The van der Waals surface area contributed by atoms with E-state index in [1.807, 2.05) is 52.8 Å². The van der Waals surface area contributed by atoms with Gasteiger partial charge in [-0.3, -0.25) is 4.79 Å². The highest BCUT2D eigenvalue weighted by molar-refractivity contribution is 7.99. The van der Waals surface area contributed by atoms with Gasteiger partial charge in [-0.05, 0) is 36.2 Å². The molecule has 2 aromatic rings. The summed E-state index contributed by atoms with van der Waals surface area (Å²) < 4.78 is 4.37. The molecule has 4 rings (SSSR count). The maximum Gasteiger partial charge on any atom is 0.260 e. The van der Waals surface area contributed by atoms with Crippen LogP contribution in [-0.2, 0) is 6.42 Å². The van der Waals surface area contributed by atoms with E-state index >= 15 is 0 Å². The highest BCUT2D eigenvalue weighted by atomic mass is 32.2. The molecule has 3 heterocycles. The summed E-state index contributed by atoms with van der Waals surface area (Å²) in [4.78, 5) is 20.0. The molecular formula is C20H25N5OS2. The second-order valence-electron chi connectivity index (χ2n) is 6.79. The van der Waals surface area contributed by atoms with Crippen molar-refractivity contribution in [3.63, 3.8) is 0 Å². The number of anilines is 2. The second kappa shape index (κ2) is 8.73. The Labute approximate surface area is 174 Å². The number of para-hydroxylation sites is 1. The van der Waals surface area contributed by atoms with Gasteiger partial charge < -0.3 is 14.5 Å². The Hall–Kier alpha value is -1.74. The molecule has 1 amide bonds. The zero-order valence-electron chi connectivity index (χ0n) is 16.2. The topological polar surface area (TPSA) is 51.7 Å². The van der Waals surface area contributed by atoms with Crippen molar-refractivity contribution >= 4 is 41.2 Å². The quantitative estimate of drug-likeness (QED) is 0.754. The molecule has 8 heteroatoms. The van der Waals surface area contributed by atoms with Crippen LogP contribution in [-0.4, -0.2) is 61.2 Å². The fourth-order valence-corrected chi connectivity index (χ4v) is 4.81. The zero-order chi connectivity index (χ0) is 19.5. The lowest BCUT2D eigenvalue weighted by molar-refractivity contribution is 0.0990. The van der Waals surface area contributed by atoms with Crippen molar-refractivity contribution in [3.05, 3.63) is 47.7 Å². The standard InChI is InChI=1S/C20H25N5OS2/c1-23(27-2)17-6-4-3-5-15(17)20(26)25-12-9-16-18(25)7-8-19(22-16)28-24-13-10-21-11-14-24/h3-8,21H,9-14H2,1-2H3. The monoisotopic (exact) mass is 415 g/mol. The lowest BCUT2D eigenvalue weighted by Gasteiger charge is -2.25. The number of carbonyl (C=O) groups is 1. The molecule has 1 aromatic heterocycles. The Balaban J connectivity index is 1.54. The Morgan fingerprint density at radius 2 is 1.93 bits per heavy atom. The maximum atomic E-state index is 13.3. The Morgan fingerprint density at radius 3 is 2.71 bits per heavy atom. The number of piperazine rings is 1. The largest absolute Gasteiger partial charge is 0.319 e. The van der Waals surface area contributed by atoms with Crippen LogP contribution in [0.3, 0.4) is 0 Å². The van der Waals surface area contributed by atoms with Crippen molar-refractivity contribution in [1.29, 1.82) is 0 Å². The number of benzene rings is 1. The lowest BCUT2D eigenvalue weighted by Crippen LogP contribution is -2.39. The summed E-state index contributed by atoms with van der Waals surface area (Å²) in [5, 5.41) is 4.38. The minimum absolute atomic E-state index is 0.0413. The van der Waals surface area contributed by atoms with Crippen molar-refractivity contribution in [2.45, 2.75) is 11.4 Å². The van der Waals surface area contributed by atoms with Gasteiger partial charge in [-0.15, -0.1) is 0 Å². The Bertz CT molecular complexity index is 856. The number of fused-ring (bicyclic) bond motifs is 1. The van der Waals surface area contributed by atoms with E-state index in [4.69, 9.17) is 4.98 Å². The van der Waals surface area contributed by atoms with Gasteiger partial charge in [0.2, 0.25) is 0 Å². The number of amides is 1. The van der Waals surface area contributed by atoms with Crippen LogP contribution in [0.1, 0.15) is 16.1 Å². The SMILES string of the molecule is CSN(C)c1ccccc1C(=O)N1CCc2nc(SN3CCNCC3)ccc21. The highest BCUT2D eigenvalue weighted by Gasteiger charge is 2.29. The van der Waals surface area contributed by atoms with Crippen LogP contribution in [0.5, 0.6) is 0 Å². The summed E-state index contributed by atoms with van der Waals surface area (Å²) in [6, 6.07) is 11.9. The average Bonchev–Trinajstić information content (AvgIpc) is 3.16. The first-order chi connectivity index (χ1) is 13.7. The molecule has 28 heavy (non-hydrogen) atoms. The van der Waals surface area contributed by atoms with Gasteiger partial charge in [0.15, 0.2) is 0 Å². The number of nitrogens with one attached hydrogen (secondary N) is 1. The fourth-order valence-electron chi connectivity index (χ4n) is 3.54. The summed E-state index contributed by atoms with van der Waals surface area (Å²) in [5.74, 6) is 0.0413. The van der Waals surface area contributed by atoms with E-state index in [1.165, 1.54) is 0 Å². The summed E-state index contributed by atoms with van der Waals surface area (Å²) in [6.45, 7) is 4.76. The third-order valence-electron chi connectivity index (χ3n) is 5.08. The van der Waals surface area contributed by atoms with Gasteiger partial charge in [0.05, 0.1) is 22.6 Å². The molecule has 1 N–H and O–H groups in total. The maximum absolute atomic E-state index is 13.3. The van der Waals surface area contributed by atoms with Gasteiger partial charge in [0.1, 0.15) is 5.03 Å². The lowest BCUT2D eigenvalue weighted by atomic mass is 10.1. The number of nitrogens with zero attached hydrogens (tertiary/aromatic N) is 4. The molecule has 0 spiro atoms. The molecule has 0 radical (unpaired) electrons. The van der Waals surface area contributed by atoms with E-state index in [-0.39, 0.29) is 5.91 Å². The molecule has 0 atom stereocenters. The first-order valence-electron chi connectivity index (χ1n) is 9.49. The van der Waals surface area contributed by atoms with Crippen molar-refractivity contribution < 1.29 is 4.79 Å². The molecule has 6 nitrogen and oxygen atoms in total. The van der Waals surface area contributed by atoms with Crippen LogP contribution in [0, 0.1) is 0 Å². The van der Waals surface area contributed by atoms with E-state index in [2.05, 4.69) is 15.7 Å². The number of hydrogen-bond donors (Lipinski definition) is 1. The average molecular weight is 416 g/mol. The van der Waals surface area contributed by atoms with Crippen LogP contribution >= 0.6 is 23.9 Å². The van der Waals surface area contributed by atoms with Crippen LogP contribution in [0.15, 0.2) is 41.4 Å². The molecule has 1 aromatic carbocycles. The molecular weight excluding hydrogens is 390 g/mol. The molecule has 1 saturated heterocycles. The summed E-state index contributed by atoms with van der Waals surface area (Å²) in [7, 11) is 1.98. The first-order valence-corrected chi connectivity index (χ1v) is 11.4. The summed E-state index contributed by atoms with van der Waals surface area (Å²) in [5.41, 5.74) is 3.62. The summed E-state index contributed by atoms with van der Waals surface area (Å²) >= 11 is 3.31. The molecule has 0 unspecified atom stereocenters. The minimum Gasteiger partial charge on any atom is -0.319 e. The number of hydrogen-bond acceptors (Lipinski definition) is 7. The van der Waals surface area contributed by atoms with Crippen molar-refractivity contribution in [2.24, 2.45) is 0 Å². The van der Waals surface area contributed by atoms with E-state index in [9.17, 15) is 4.79 Å². The van der Waals surface area contributed by atoms with Gasteiger partial charge in [0, 0.05) is 52.4 Å². The van der Waals surface area contributed by atoms with E-state index in [0.29, 0.717) is 6.54 Å². The van der Waals surface area contributed by atoms with Crippen LogP contribution in [0.25, 0.3) is 0 Å². The molecule has 2 aliphatic heterocycles. The number of pyridine rings is 1. The third-order valence-corrected chi connectivity index (χ3v) is 6.86. The van der Waals surface area contributed by atoms with Crippen molar-refractivity contribution in [3.8, 4) is 0 Å². The van der Waals surface area contributed by atoms with Gasteiger partial charge in [-0.1, -0.05) is 24.1 Å². The smallest absolute Gasteiger partial charge is 0.260 e. The second-order valence-corrected chi connectivity index (χ2v) is 8.82. The van der Waals surface area contributed by atoms with Crippen LogP contribution in [0.4, 0.5) is 11.4 Å². The third kappa shape index (κ3) is 4.00. The van der Waals surface area contributed by atoms with E-state index < -0.39 is 0 Å². The first kappa shape index (κ1) is 19.6. The fraction of sp³-hybridized carbons (Fsp3) is 0.400. The van der Waals surface area contributed by atoms with Gasteiger partial charge in [-0.25, -0.2) is 9.29 Å². The summed E-state index contributed by atoms with van der Waals surface area (Å²) in [6.07, 6.45) is 2.81. The molecule has 1 fully saturated rings. The Morgan fingerprint density at radius 1 is 1.14 bits per heavy atom. The van der Waals surface area contributed by atoms with Crippen molar-refractivity contribution in [1.82, 2.24) is 14.6 Å². The Kier molecular flexibility index (Phi) is 6.10. The molecule has 2 aliphatic rings. The number of aromatic nitrogens is 1. The minimum atomic E-state index is 0.0413. The zero-order valence-corrected chi connectivity index (χ0v) is 17.9. The van der Waals surface area contributed by atoms with Gasteiger partial charge >= 0.3 is 0 Å². The normalized spacial score (nSPS) is 16.9. The predicted molar refractivity (Wildman–Crippen MR) is 118 cm³/mol.